The van der Waals surface area contributed by atoms with Crippen LogP contribution in [0.25, 0.3) is 0 Å². The van der Waals surface area contributed by atoms with Gasteiger partial charge in [-0.2, -0.15) is 0 Å². The molecule has 1 saturated heterocycles. The van der Waals surface area contributed by atoms with Gasteiger partial charge in [0.2, 0.25) is 11.8 Å². The molecule has 1 saturated carbocycles. The molecule has 4 rings (SSSR count). The van der Waals surface area contributed by atoms with Crippen LogP contribution < -0.4 is 16.4 Å². The lowest BCUT2D eigenvalue weighted by Crippen LogP contribution is -2.63. The third-order valence-electron chi connectivity index (χ3n) is 7.81. The maximum Gasteiger partial charge on any atom is 0.261 e. The van der Waals surface area contributed by atoms with Gasteiger partial charge in [-0.1, -0.05) is 54.6 Å². The number of amides is 3. The van der Waals surface area contributed by atoms with Crippen molar-refractivity contribution in [2.24, 2.45) is 5.73 Å². The van der Waals surface area contributed by atoms with Crippen LogP contribution in [0, 0.1) is 0 Å². The van der Waals surface area contributed by atoms with E-state index in [0.29, 0.717) is 42.8 Å². The van der Waals surface area contributed by atoms with Crippen LogP contribution in [-0.4, -0.2) is 78.4 Å². The van der Waals surface area contributed by atoms with E-state index in [2.05, 4.69) is 15.5 Å². The molecule has 2 aromatic rings. The summed E-state index contributed by atoms with van der Waals surface area (Å²) in [7, 11) is 0. The minimum atomic E-state index is -0.747. The number of benzene rings is 1. The molecule has 1 aliphatic carbocycles. The number of carbonyl (C=O) groups excluding carboxylic acids is 3. The quantitative estimate of drug-likeness (QED) is 0.389. The van der Waals surface area contributed by atoms with Crippen LogP contribution in [-0.2, 0) is 16.0 Å². The average Bonchev–Trinajstić information content (AvgIpc) is 3.48. The molecule has 11 heteroatoms. The molecule has 8 nitrogen and oxygen atoms in total. The summed E-state index contributed by atoms with van der Waals surface area (Å²) < 4.78 is 0. The van der Waals surface area contributed by atoms with E-state index in [-0.39, 0.29) is 42.6 Å². The van der Waals surface area contributed by atoms with Gasteiger partial charge in [0.25, 0.3) is 5.91 Å². The second kappa shape index (κ2) is 13.9. The average molecular weight is 595 g/mol. The Labute approximate surface area is 244 Å². The molecule has 4 N–H and O–H groups in total. The number of thiophene rings is 1. The smallest absolute Gasteiger partial charge is 0.261 e. The van der Waals surface area contributed by atoms with Gasteiger partial charge in [0.05, 0.1) is 4.88 Å². The molecule has 3 amide bonds. The first-order chi connectivity index (χ1) is 18.8. The molecule has 1 aliphatic heterocycles. The SMILES string of the molecule is NCCC(=O)N[C@H](Cc1ccc(Cl)cc1Cl)C(=O)N1CCN(C2(CNC(=O)c3cccs3)CCCCC2)CC1. The number of carbonyl (C=O) groups is 3. The summed E-state index contributed by atoms with van der Waals surface area (Å²) in [6.07, 6.45) is 5.93. The van der Waals surface area contributed by atoms with Crippen molar-refractivity contribution in [1.29, 1.82) is 0 Å². The van der Waals surface area contributed by atoms with Crippen LogP contribution >= 0.6 is 34.5 Å². The minimum Gasteiger partial charge on any atom is -0.349 e. The summed E-state index contributed by atoms with van der Waals surface area (Å²) >= 11 is 13.9. The van der Waals surface area contributed by atoms with Crippen LogP contribution in [0.1, 0.15) is 53.8 Å². The predicted molar refractivity (Wildman–Crippen MR) is 156 cm³/mol. The maximum absolute atomic E-state index is 13.7. The number of piperazine rings is 1. The number of halogens is 2. The first-order valence-corrected chi connectivity index (χ1v) is 15.2. The highest BCUT2D eigenvalue weighted by atomic mass is 35.5. The summed E-state index contributed by atoms with van der Waals surface area (Å²) in [6.45, 7) is 3.34. The van der Waals surface area contributed by atoms with Gasteiger partial charge >= 0.3 is 0 Å². The molecule has 39 heavy (non-hydrogen) atoms. The third kappa shape index (κ3) is 7.73. The Morgan fingerprint density at radius 3 is 2.44 bits per heavy atom. The lowest BCUT2D eigenvalue weighted by atomic mass is 9.79. The normalized spacial score (nSPS) is 18.4. The Morgan fingerprint density at radius 2 is 1.79 bits per heavy atom. The number of nitrogens with two attached hydrogens (primary N) is 1. The van der Waals surface area contributed by atoms with Crippen molar-refractivity contribution in [3.63, 3.8) is 0 Å². The fraction of sp³-hybridized carbons (Fsp3) is 0.536. The number of rotatable bonds is 10. The Morgan fingerprint density at radius 1 is 1.05 bits per heavy atom. The summed E-state index contributed by atoms with van der Waals surface area (Å²) in [5.41, 5.74) is 6.20. The lowest BCUT2D eigenvalue weighted by Gasteiger charge is -2.50. The van der Waals surface area contributed by atoms with Gasteiger partial charge in [0.1, 0.15) is 6.04 Å². The van der Waals surface area contributed by atoms with E-state index in [1.807, 2.05) is 22.4 Å². The number of hydrogen-bond acceptors (Lipinski definition) is 6. The molecule has 2 fully saturated rings. The van der Waals surface area contributed by atoms with Crippen molar-refractivity contribution in [3.8, 4) is 0 Å². The van der Waals surface area contributed by atoms with Crippen molar-refractivity contribution < 1.29 is 14.4 Å². The van der Waals surface area contributed by atoms with E-state index in [9.17, 15) is 14.4 Å². The minimum absolute atomic E-state index is 0.0271. The number of nitrogens with zero attached hydrogens (tertiary/aromatic N) is 2. The largest absolute Gasteiger partial charge is 0.349 e. The van der Waals surface area contributed by atoms with Crippen molar-refractivity contribution in [1.82, 2.24) is 20.4 Å². The summed E-state index contributed by atoms with van der Waals surface area (Å²) in [5, 5.41) is 8.94. The number of nitrogens with one attached hydrogen (secondary N) is 2. The highest BCUT2D eigenvalue weighted by Crippen LogP contribution is 2.34. The van der Waals surface area contributed by atoms with Crippen LogP contribution in [0.4, 0.5) is 0 Å². The van der Waals surface area contributed by atoms with E-state index in [1.165, 1.54) is 17.8 Å². The van der Waals surface area contributed by atoms with Crippen LogP contribution in [0.3, 0.4) is 0 Å². The second-order valence-corrected chi connectivity index (χ2v) is 12.1. The predicted octanol–water partition coefficient (Wildman–Crippen LogP) is 3.71. The van der Waals surface area contributed by atoms with Gasteiger partial charge in [0.15, 0.2) is 0 Å². The molecule has 1 aromatic carbocycles. The van der Waals surface area contributed by atoms with E-state index < -0.39 is 6.04 Å². The molecule has 0 unspecified atom stereocenters. The molecule has 0 bridgehead atoms. The second-order valence-electron chi connectivity index (χ2n) is 10.4. The zero-order valence-electron chi connectivity index (χ0n) is 22.1. The summed E-state index contributed by atoms with van der Waals surface area (Å²) in [4.78, 5) is 43.8. The van der Waals surface area contributed by atoms with Crippen molar-refractivity contribution in [2.45, 2.75) is 56.5 Å². The van der Waals surface area contributed by atoms with Crippen molar-refractivity contribution >= 4 is 52.3 Å². The Balaban J connectivity index is 1.42. The zero-order chi connectivity index (χ0) is 27.8. The van der Waals surface area contributed by atoms with Gasteiger partial charge in [-0.3, -0.25) is 19.3 Å². The van der Waals surface area contributed by atoms with E-state index in [4.69, 9.17) is 28.9 Å². The van der Waals surface area contributed by atoms with Crippen molar-refractivity contribution in [2.75, 3.05) is 39.3 Å². The molecule has 2 heterocycles. The van der Waals surface area contributed by atoms with Crippen molar-refractivity contribution in [3.05, 3.63) is 56.2 Å². The summed E-state index contributed by atoms with van der Waals surface area (Å²) in [6, 6.07) is 8.14. The van der Waals surface area contributed by atoms with Crippen LogP contribution in [0.2, 0.25) is 10.0 Å². The van der Waals surface area contributed by atoms with E-state index >= 15 is 0 Å². The molecule has 2 aliphatic rings. The topological polar surface area (TPSA) is 108 Å². The van der Waals surface area contributed by atoms with Gasteiger partial charge in [-0.05, 0) is 42.0 Å². The van der Waals surface area contributed by atoms with Gasteiger partial charge in [0, 0.05) is 67.7 Å². The molecule has 1 aromatic heterocycles. The zero-order valence-corrected chi connectivity index (χ0v) is 24.4. The van der Waals surface area contributed by atoms with Gasteiger partial charge in [-0.15, -0.1) is 11.3 Å². The number of hydrogen-bond donors (Lipinski definition) is 3. The lowest BCUT2D eigenvalue weighted by molar-refractivity contribution is -0.139. The van der Waals surface area contributed by atoms with Gasteiger partial charge < -0.3 is 21.3 Å². The molecule has 212 valence electrons. The molecular weight excluding hydrogens is 557 g/mol. The molecule has 1 atom stereocenters. The monoisotopic (exact) mass is 593 g/mol. The fourth-order valence-electron chi connectivity index (χ4n) is 5.68. The highest BCUT2D eigenvalue weighted by Gasteiger charge is 2.41. The third-order valence-corrected chi connectivity index (χ3v) is 9.27. The summed E-state index contributed by atoms with van der Waals surface area (Å²) in [5.74, 6) is -0.419. The molecule has 0 spiro atoms. The highest BCUT2D eigenvalue weighted by molar-refractivity contribution is 7.12. The van der Waals surface area contributed by atoms with Gasteiger partial charge in [-0.25, -0.2) is 0 Å². The Bertz CT molecular complexity index is 1130. The first-order valence-electron chi connectivity index (χ1n) is 13.6. The van der Waals surface area contributed by atoms with E-state index in [1.54, 1.807) is 18.2 Å². The van der Waals surface area contributed by atoms with Crippen LogP contribution in [0.5, 0.6) is 0 Å². The first kappa shape index (κ1) is 29.8. The molecule has 0 radical (unpaired) electrons. The Kier molecular flexibility index (Phi) is 10.7. The maximum atomic E-state index is 13.7. The van der Waals surface area contributed by atoms with Crippen LogP contribution in [0.15, 0.2) is 35.7 Å². The van der Waals surface area contributed by atoms with E-state index in [0.717, 1.165) is 36.1 Å². The fourth-order valence-corrected chi connectivity index (χ4v) is 6.81. The standard InChI is InChI=1S/C28H37Cl2N5O3S/c29-21-7-6-20(22(30)18-21)17-23(33-25(36)8-11-31)27(38)34-12-14-35(15-13-34)28(9-2-1-3-10-28)19-32-26(37)24-5-4-16-39-24/h4-7,16,18,23H,1-3,8-15,17,19,31H2,(H,32,37)(H,33,36)/t23-/m1/s1. The molecular formula is C28H37Cl2N5O3S. The Hall–Kier alpha value is -2.17.